The van der Waals surface area contributed by atoms with Gasteiger partial charge in [-0.15, -0.1) is 0 Å². The van der Waals surface area contributed by atoms with Gasteiger partial charge in [-0.3, -0.25) is 4.57 Å². The molecule has 392 valence electrons. The van der Waals surface area contributed by atoms with Crippen LogP contribution < -0.4 is 14.5 Å². The molecule has 0 bridgehead atoms. The van der Waals surface area contributed by atoms with Crippen LogP contribution in [-0.2, 0) is 21.7 Å². The average Bonchev–Trinajstić information content (AvgIpc) is 4.26. The first-order chi connectivity index (χ1) is 37.9. The summed E-state index contributed by atoms with van der Waals surface area (Å²) in [5.41, 5.74) is 18.1. The van der Waals surface area contributed by atoms with Crippen LogP contribution in [0.1, 0.15) is 103 Å². The number of aromatic nitrogens is 2. The third-order valence-electron chi connectivity index (χ3n) is 16.6. The fraction of sp³-hybridized carbons (Fsp3) is 0.203. The number of hydrogen-bond donors (Lipinski definition) is 0. The van der Waals surface area contributed by atoms with E-state index in [0.717, 1.165) is 56.5 Å². The Hall–Kier alpha value is -8.67. The van der Waals surface area contributed by atoms with Crippen LogP contribution in [0.3, 0.4) is 0 Å². The highest BCUT2D eigenvalue weighted by Gasteiger charge is 2.34. The van der Waals surface area contributed by atoms with E-state index in [0.29, 0.717) is 6.67 Å². The van der Waals surface area contributed by atoms with Crippen LogP contribution in [0.5, 0.6) is 11.5 Å². The summed E-state index contributed by atoms with van der Waals surface area (Å²) >= 11 is 0. The van der Waals surface area contributed by atoms with E-state index in [1.54, 1.807) is 0 Å². The zero-order valence-electron chi connectivity index (χ0n) is 47.3. The Morgan fingerprint density at radius 1 is 0.354 bits per heavy atom. The van der Waals surface area contributed by atoms with Crippen molar-refractivity contribution in [2.75, 3.05) is 16.5 Å². The smallest absolute Gasteiger partial charge is 0.137 e. The van der Waals surface area contributed by atoms with Crippen LogP contribution in [0, 0.1) is 0 Å². The van der Waals surface area contributed by atoms with E-state index < -0.39 is 0 Å². The predicted octanol–water partition coefficient (Wildman–Crippen LogP) is 19.8. The molecule has 5 nitrogen and oxygen atoms in total. The molecule has 0 radical (unpaired) electrons. The number of pyridine rings is 1. The first-order valence-electron chi connectivity index (χ1n) is 27.9. The van der Waals surface area contributed by atoms with E-state index >= 15 is 0 Å². The minimum Gasteiger partial charge on any atom is -0.457 e. The standard InChI is InChI=1S/C74H70N4O/c1-71(2,3)56-37-38-75-70(46-56)78-66-35-31-52(50-23-15-11-16-24-50)41-65(66)64-34-33-62(48-68(64)78)79-63-44-58(72(4,5)6)42-61(47-63)76-49-77(69-45-57(32-36-67(69)76)73(7,8)54-27-19-13-20-28-54)60-40-53(51-25-17-12-18-26-51)39-59(43-60)74(9,10)55-29-21-14-22-30-55/h11-48H,49H2,1-10H3. The van der Waals surface area contributed by atoms with Crippen LogP contribution in [-0.4, -0.2) is 16.2 Å². The lowest BCUT2D eigenvalue weighted by molar-refractivity contribution is 0.479. The summed E-state index contributed by atoms with van der Waals surface area (Å²) in [7, 11) is 0. The molecule has 9 aromatic carbocycles. The maximum atomic E-state index is 7.18. The first kappa shape index (κ1) is 51.1. The normalized spacial score (nSPS) is 13.1. The molecular weight excluding hydrogens is 961 g/mol. The quantitative estimate of drug-likeness (QED) is 0.129. The van der Waals surface area contributed by atoms with Gasteiger partial charge < -0.3 is 14.5 Å². The fourth-order valence-electron chi connectivity index (χ4n) is 11.6. The molecule has 0 saturated heterocycles. The molecule has 0 saturated carbocycles. The summed E-state index contributed by atoms with van der Waals surface area (Å²) < 4.78 is 9.48. The second kappa shape index (κ2) is 19.7. The van der Waals surface area contributed by atoms with Crippen molar-refractivity contribution >= 4 is 44.6 Å². The van der Waals surface area contributed by atoms with Gasteiger partial charge in [0.1, 0.15) is 24.0 Å². The third kappa shape index (κ3) is 9.67. The molecule has 79 heavy (non-hydrogen) atoms. The molecule has 0 N–H and O–H groups in total. The SMILES string of the molecule is CC(C)(C)c1cc(Oc2ccc3c4cc(-c5ccccc5)ccc4n(-c4cc(C(C)(C)C)ccn4)c3c2)cc(N2CN(c3cc(-c4ccccc4)cc(C(C)(C)c4ccccc4)c3)c3cc(C(C)(C)c4ccccc4)ccc32)c1. The van der Waals surface area contributed by atoms with Crippen molar-refractivity contribution in [1.82, 2.24) is 9.55 Å². The average molecular weight is 1030 g/mol. The number of benzene rings is 9. The number of fused-ring (bicyclic) bond motifs is 4. The molecule has 0 atom stereocenters. The highest BCUT2D eigenvalue weighted by Crippen LogP contribution is 2.50. The van der Waals surface area contributed by atoms with Gasteiger partial charge in [-0.1, -0.05) is 209 Å². The molecule has 3 heterocycles. The van der Waals surface area contributed by atoms with Gasteiger partial charge in [-0.05, 0) is 139 Å². The Labute approximate surface area is 467 Å². The number of anilines is 4. The van der Waals surface area contributed by atoms with E-state index in [-0.39, 0.29) is 21.7 Å². The Bertz CT molecular complexity index is 4030. The molecule has 5 heteroatoms. The summed E-state index contributed by atoms with van der Waals surface area (Å²) in [5.74, 6) is 2.42. The van der Waals surface area contributed by atoms with E-state index in [1.807, 2.05) is 6.20 Å². The molecule has 0 unspecified atom stereocenters. The van der Waals surface area contributed by atoms with Crippen molar-refractivity contribution in [2.24, 2.45) is 0 Å². The van der Waals surface area contributed by atoms with Gasteiger partial charge in [0.05, 0.1) is 22.4 Å². The Kier molecular flexibility index (Phi) is 12.7. The predicted molar refractivity (Wildman–Crippen MR) is 333 cm³/mol. The number of ether oxygens (including phenoxy) is 1. The molecule has 12 rings (SSSR count). The monoisotopic (exact) mass is 1030 g/mol. The van der Waals surface area contributed by atoms with Crippen LogP contribution >= 0.6 is 0 Å². The Balaban J connectivity index is 1.00. The fourth-order valence-corrected chi connectivity index (χ4v) is 11.6. The van der Waals surface area contributed by atoms with Gasteiger partial charge in [0.2, 0.25) is 0 Å². The van der Waals surface area contributed by atoms with Crippen LogP contribution in [0.15, 0.2) is 231 Å². The van der Waals surface area contributed by atoms with Gasteiger partial charge >= 0.3 is 0 Å². The van der Waals surface area contributed by atoms with Crippen molar-refractivity contribution < 1.29 is 4.74 Å². The maximum Gasteiger partial charge on any atom is 0.137 e. The van der Waals surface area contributed by atoms with Gasteiger partial charge in [0.15, 0.2) is 0 Å². The zero-order chi connectivity index (χ0) is 54.8. The Morgan fingerprint density at radius 3 is 1.58 bits per heavy atom. The Morgan fingerprint density at radius 2 is 0.937 bits per heavy atom. The van der Waals surface area contributed by atoms with Gasteiger partial charge in [0, 0.05) is 51.3 Å². The minimum absolute atomic E-state index is 0.0523. The number of hydrogen-bond acceptors (Lipinski definition) is 4. The number of rotatable bonds is 11. The summed E-state index contributed by atoms with van der Waals surface area (Å²) in [6.07, 6.45) is 1.94. The molecule has 0 amide bonds. The number of nitrogens with zero attached hydrogens (tertiary/aromatic N) is 4. The highest BCUT2D eigenvalue weighted by atomic mass is 16.5. The summed E-state index contributed by atoms with van der Waals surface area (Å²) in [6.45, 7) is 23.6. The molecule has 0 spiro atoms. The van der Waals surface area contributed by atoms with Crippen LogP contribution in [0.25, 0.3) is 49.9 Å². The second-order valence-corrected chi connectivity index (χ2v) is 24.7. The van der Waals surface area contributed by atoms with Crippen molar-refractivity contribution in [1.29, 1.82) is 0 Å². The lowest BCUT2D eigenvalue weighted by Crippen LogP contribution is -2.25. The lowest BCUT2D eigenvalue weighted by atomic mass is 9.77. The van der Waals surface area contributed by atoms with Crippen molar-refractivity contribution in [2.45, 2.75) is 90.9 Å². The largest absolute Gasteiger partial charge is 0.457 e. The molecule has 0 fully saturated rings. The molecule has 2 aromatic heterocycles. The van der Waals surface area contributed by atoms with E-state index in [1.165, 1.54) is 61.0 Å². The summed E-state index contributed by atoms with van der Waals surface area (Å²) in [4.78, 5) is 10.0. The molecule has 0 aliphatic carbocycles. The van der Waals surface area contributed by atoms with Gasteiger partial charge in [-0.25, -0.2) is 4.98 Å². The third-order valence-corrected chi connectivity index (χ3v) is 16.6. The highest BCUT2D eigenvalue weighted by molar-refractivity contribution is 6.10. The van der Waals surface area contributed by atoms with Crippen LogP contribution in [0.2, 0.25) is 0 Å². The van der Waals surface area contributed by atoms with Crippen molar-refractivity contribution in [3.8, 4) is 39.6 Å². The van der Waals surface area contributed by atoms with Crippen molar-refractivity contribution in [3.05, 3.63) is 264 Å². The topological polar surface area (TPSA) is 33.5 Å². The van der Waals surface area contributed by atoms with E-state index in [4.69, 9.17) is 9.72 Å². The minimum atomic E-state index is -0.275. The maximum absolute atomic E-state index is 7.18. The van der Waals surface area contributed by atoms with Gasteiger partial charge in [-0.2, -0.15) is 0 Å². The summed E-state index contributed by atoms with van der Waals surface area (Å²) in [6, 6.07) is 82.1. The van der Waals surface area contributed by atoms with Crippen LogP contribution in [0.4, 0.5) is 22.7 Å². The summed E-state index contributed by atoms with van der Waals surface area (Å²) in [5, 5.41) is 2.31. The first-order valence-corrected chi connectivity index (χ1v) is 27.9. The van der Waals surface area contributed by atoms with E-state index in [2.05, 4.69) is 308 Å². The van der Waals surface area contributed by atoms with E-state index in [9.17, 15) is 0 Å². The molecule has 1 aliphatic rings. The van der Waals surface area contributed by atoms with Gasteiger partial charge in [0.25, 0.3) is 0 Å². The lowest BCUT2D eigenvalue weighted by Gasteiger charge is -2.30. The zero-order valence-corrected chi connectivity index (χ0v) is 47.3. The molecule has 1 aliphatic heterocycles. The second-order valence-electron chi connectivity index (χ2n) is 24.7. The van der Waals surface area contributed by atoms with Crippen molar-refractivity contribution in [3.63, 3.8) is 0 Å². The molecule has 11 aromatic rings. The molecular formula is C74H70N4O.